The van der Waals surface area contributed by atoms with Crippen molar-refractivity contribution in [3.05, 3.63) is 115 Å². The van der Waals surface area contributed by atoms with E-state index in [2.05, 4.69) is 88.3 Å². The first-order valence-electron chi connectivity index (χ1n) is 10.5. The summed E-state index contributed by atoms with van der Waals surface area (Å²) in [5.41, 5.74) is 6.55. The van der Waals surface area contributed by atoms with Gasteiger partial charge in [0.15, 0.2) is 11.0 Å². The van der Waals surface area contributed by atoms with Crippen LogP contribution in [0.1, 0.15) is 11.4 Å². The minimum Gasteiger partial charge on any atom is -1.00 e. The molecule has 3 heterocycles. The van der Waals surface area contributed by atoms with Crippen LogP contribution in [0.5, 0.6) is 0 Å². The van der Waals surface area contributed by atoms with Crippen LogP contribution in [0.2, 0.25) is 0 Å². The van der Waals surface area contributed by atoms with Crippen molar-refractivity contribution < 1.29 is 17.0 Å². The number of benzene rings is 3. The maximum Gasteiger partial charge on any atom is 0.245 e. The Balaban J connectivity index is 0.00000216. The van der Waals surface area contributed by atoms with Gasteiger partial charge in [-0.2, -0.15) is 0 Å². The monoisotopic (exact) mass is 436 g/mol. The van der Waals surface area contributed by atoms with Crippen molar-refractivity contribution in [2.24, 2.45) is 0 Å². The molecular weight excluding hydrogens is 416 g/mol. The first kappa shape index (κ1) is 20.2. The van der Waals surface area contributed by atoms with Gasteiger partial charge < -0.3 is 12.4 Å². The highest BCUT2D eigenvalue weighted by atomic mass is 35.5. The quantitative estimate of drug-likeness (QED) is 0.397. The molecule has 0 aliphatic rings. The molecule has 0 bridgehead atoms. The van der Waals surface area contributed by atoms with Crippen LogP contribution in [-0.4, -0.2) is 14.5 Å². The third-order valence-corrected chi connectivity index (χ3v) is 5.76. The summed E-state index contributed by atoms with van der Waals surface area (Å²) >= 11 is 0. The topological polar surface area (TPSA) is 34.6 Å². The number of imidazole rings is 1. The Morgan fingerprint density at radius 1 is 0.625 bits per heavy atom. The molecule has 0 N–H and O–H groups in total. The summed E-state index contributed by atoms with van der Waals surface area (Å²) in [7, 11) is 0. The minimum atomic E-state index is 0. The second-order valence-electron chi connectivity index (χ2n) is 7.85. The van der Waals surface area contributed by atoms with Crippen LogP contribution in [0, 0.1) is 0 Å². The van der Waals surface area contributed by atoms with Gasteiger partial charge in [-0.1, -0.05) is 60.7 Å². The summed E-state index contributed by atoms with van der Waals surface area (Å²) in [6, 6.07) is 33.5. The fourth-order valence-electron chi connectivity index (χ4n) is 4.24. The summed E-state index contributed by atoms with van der Waals surface area (Å²) in [6.45, 7) is 1.45. The SMILES string of the molecule is [Cl-].c1ccc2nc(Cn3c[n+](Cc4ccc5ccccc5n4)c4ccccc43)ccc2c1. The van der Waals surface area contributed by atoms with Gasteiger partial charge in [0.05, 0.1) is 22.4 Å². The number of halogens is 1. The summed E-state index contributed by atoms with van der Waals surface area (Å²) in [5.74, 6) is 0. The zero-order valence-corrected chi connectivity index (χ0v) is 18.2. The second-order valence-corrected chi connectivity index (χ2v) is 7.85. The Labute approximate surface area is 192 Å². The molecule has 0 radical (unpaired) electrons. The largest absolute Gasteiger partial charge is 1.00 e. The van der Waals surface area contributed by atoms with Crippen LogP contribution in [0.3, 0.4) is 0 Å². The number of fused-ring (bicyclic) bond motifs is 3. The van der Waals surface area contributed by atoms with Crippen molar-refractivity contribution >= 4 is 32.8 Å². The van der Waals surface area contributed by atoms with E-state index in [9.17, 15) is 0 Å². The average molecular weight is 437 g/mol. The lowest BCUT2D eigenvalue weighted by Crippen LogP contribution is -3.00. The van der Waals surface area contributed by atoms with E-state index in [1.165, 1.54) is 21.8 Å². The molecule has 0 fully saturated rings. The van der Waals surface area contributed by atoms with E-state index in [1.54, 1.807) is 0 Å². The molecule has 6 aromatic rings. The molecule has 0 spiro atoms. The third kappa shape index (κ3) is 3.70. The van der Waals surface area contributed by atoms with E-state index in [4.69, 9.17) is 9.97 Å². The van der Waals surface area contributed by atoms with Gasteiger partial charge >= 0.3 is 0 Å². The Morgan fingerprint density at radius 3 is 1.97 bits per heavy atom. The van der Waals surface area contributed by atoms with Crippen molar-refractivity contribution in [1.82, 2.24) is 14.5 Å². The Bertz CT molecular complexity index is 1440. The second kappa shape index (κ2) is 8.40. The fraction of sp³-hybridized carbons (Fsp3) is 0.0741. The zero-order chi connectivity index (χ0) is 20.6. The molecule has 32 heavy (non-hydrogen) atoms. The van der Waals surface area contributed by atoms with Gasteiger partial charge in [-0.05, 0) is 36.4 Å². The molecule has 0 amide bonds. The first-order valence-corrected chi connectivity index (χ1v) is 10.5. The van der Waals surface area contributed by atoms with E-state index >= 15 is 0 Å². The number of nitrogens with zero attached hydrogens (tertiary/aromatic N) is 4. The number of hydrogen-bond acceptors (Lipinski definition) is 2. The lowest BCUT2D eigenvalue weighted by molar-refractivity contribution is -0.663. The molecule has 156 valence electrons. The fourth-order valence-corrected chi connectivity index (χ4v) is 4.24. The summed E-state index contributed by atoms with van der Waals surface area (Å²) in [6.07, 6.45) is 2.18. The zero-order valence-electron chi connectivity index (χ0n) is 17.4. The number of hydrogen-bond donors (Lipinski definition) is 0. The highest BCUT2D eigenvalue weighted by molar-refractivity contribution is 5.79. The number of pyridine rings is 2. The molecular formula is C27H21ClN4. The van der Waals surface area contributed by atoms with Gasteiger partial charge in [0.25, 0.3) is 0 Å². The molecule has 0 aliphatic carbocycles. The Morgan fingerprint density at radius 2 is 1.22 bits per heavy atom. The average Bonchev–Trinajstić information content (AvgIpc) is 3.16. The highest BCUT2D eigenvalue weighted by Gasteiger charge is 2.17. The van der Waals surface area contributed by atoms with Crippen LogP contribution in [-0.2, 0) is 13.1 Å². The van der Waals surface area contributed by atoms with Crippen LogP contribution in [0.4, 0.5) is 0 Å². The molecule has 0 aliphatic heterocycles. The number of rotatable bonds is 4. The van der Waals surface area contributed by atoms with Crippen LogP contribution >= 0.6 is 0 Å². The predicted molar refractivity (Wildman–Crippen MR) is 124 cm³/mol. The molecule has 3 aromatic heterocycles. The molecule has 3 aromatic carbocycles. The van der Waals surface area contributed by atoms with Gasteiger partial charge in [0.1, 0.15) is 13.1 Å². The molecule has 0 unspecified atom stereocenters. The smallest absolute Gasteiger partial charge is 0.245 e. The summed E-state index contributed by atoms with van der Waals surface area (Å²) in [5, 5.41) is 2.34. The van der Waals surface area contributed by atoms with Gasteiger partial charge in [-0.25, -0.2) is 19.1 Å². The molecule has 0 saturated heterocycles. The van der Waals surface area contributed by atoms with E-state index in [0.717, 1.165) is 35.5 Å². The molecule has 4 nitrogen and oxygen atoms in total. The molecule has 6 rings (SSSR count). The minimum absolute atomic E-state index is 0. The normalized spacial score (nSPS) is 11.1. The summed E-state index contributed by atoms with van der Waals surface area (Å²) < 4.78 is 4.54. The van der Waals surface area contributed by atoms with Crippen molar-refractivity contribution in [3.63, 3.8) is 0 Å². The van der Waals surface area contributed by atoms with E-state index in [0.29, 0.717) is 0 Å². The van der Waals surface area contributed by atoms with Crippen LogP contribution in [0.25, 0.3) is 32.8 Å². The predicted octanol–water partition coefficient (Wildman–Crippen LogP) is 2.13. The molecule has 5 heteroatoms. The molecule has 0 saturated carbocycles. The van der Waals surface area contributed by atoms with Crippen molar-refractivity contribution in [2.45, 2.75) is 13.1 Å². The maximum atomic E-state index is 4.86. The first-order chi connectivity index (χ1) is 15.3. The van der Waals surface area contributed by atoms with E-state index in [-0.39, 0.29) is 12.4 Å². The Kier molecular flexibility index (Phi) is 5.29. The summed E-state index contributed by atoms with van der Waals surface area (Å²) in [4.78, 5) is 9.72. The van der Waals surface area contributed by atoms with E-state index in [1.807, 2.05) is 24.3 Å². The van der Waals surface area contributed by atoms with E-state index < -0.39 is 0 Å². The molecule has 0 atom stereocenters. The maximum absolute atomic E-state index is 4.86. The number of para-hydroxylation sites is 4. The lowest BCUT2D eigenvalue weighted by atomic mass is 10.2. The van der Waals surface area contributed by atoms with Gasteiger partial charge in [-0.15, -0.1) is 0 Å². The number of aromatic nitrogens is 4. The van der Waals surface area contributed by atoms with Gasteiger partial charge in [-0.3, -0.25) is 0 Å². The third-order valence-electron chi connectivity index (χ3n) is 5.76. The van der Waals surface area contributed by atoms with Gasteiger partial charge in [0.2, 0.25) is 6.33 Å². The van der Waals surface area contributed by atoms with Crippen LogP contribution < -0.4 is 17.0 Å². The van der Waals surface area contributed by atoms with Crippen LogP contribution in [0.15, 0.2) is 103 Å². The van der Waals surface area contributed by atoms with Crippen molar-refractivity contribution in [2.75, 3.05) is 0 Å². The lowest BCUT2D eigenvalue weighted by Gasteiger charge is -2.02. The Hall–Kier alpha value is -3.76. The van der Waals surface area contributed by atoms with Crippen molar-refractivity contribution in [3.8, 4) is 0 Å². The van der Waals surface area contributed by atoms with Crippen molar-refractivity contribution in [1.29, 1.82) is 0 Å². The van der Waals surface area contributed by atoms with Gasteiger partial charge in [0, 0.05) is 10.8 Å². The standard InChI is InChI=1S/C27H21N4.ClH/c1-3-9-24-20(7-1)13-15-22(28-24)17-30-19-31(27-12-6-5-11-26(27)30)18-23-16-14-21-8-2-4-10-25(21)29-23;/h1-16,19H,17-18H2;1H/q+1;/p-1. The highest BCUT2D eigenvalue weighted by Crippen LogP contribution is 2.17.